The van der Waals surface area contributed by atoms with Gasteiger partial charge in [-0.05, 0) is 0 Å². The molecule has 0 amide bonds. The van der Waals surface area contributed by atoms with Gasteiger partial charge in [-0.25, -0.2) is 0 Å². The summed E-state index contributed by atoms with van der Waals surface area (Å²) in [6, 6.07) is 0. The van der Waals surface area contributed by atoms with E-state index in [-0.39, 0.29) is 80.8 Å². The van der Waals surface area contributed by atoms with E-state index in [9.17, 15) is 0 Å². The third-order valence-electron chi connectivity index (χ3n) is 0.711. The normalized spacial score (nSPS) is 7.57. The van der Waals surface area contributed by atoms with Gasteiger partial charge in [-0.1, -0.05) is 20.3 Å². The van der Waals surface area contributed by atoms with Gasteiger partial charge in [0, 0.05) is 80.8 Å². The predicted molar refractivity (Wildman–Crippen MR) is 58.3 cm³/mol. The van der Waals surface area contributed by atoms with Gasteiger partial charge in [0.25, 0.3) is 0 Å². The molecule has 0 aliphatic carbocycles. The molecule has 0 aromatic heterocycles. The largest absolute Gasteiger partial charge is 0.533 e. The molecular weight excluding hydrogens is 445 g/mol. The molecule has 0 atom stereocenters. The number of hydrogen-bond donors (Lipinski definition) is 0. The van der Waals surface area contributed by atoms with Crippen molar-refractivity contribution in [3.63, 3.8) is 0 Å². The van der Waals surface area contributed by atoms with Crippen LogP contribution in [0.2, 0.25) is 0 Å². The van der Waals surface area contributed by atoms with E-state index in [0.29, 0.717) is 0 Å². The Kier molecular flexibility index (Phi) is 97.2. The van der Waals surface area contributed by atoms with Crippen LogP contribution in [0, 0.1) is 107 Å². The van der Waals surface area contributed by atoms with Crippen LogP contribution < -0.4 is 0 Å². The van der Waals surface area contributed by atoms with Crippen LogP contribution in [-0.4, -0.2) is 0 Å². The third kappa shape index (κ3) is 47.8. The molecule has 0 rings (SSSR count). The van der Waals surface area contributed by atoms with Crippen LogP contribution in [0.5, 0.6) is 0 Å². The molecule has 86 valence electrons. The summed E-state index contributed by atoms with van der Waals surface area (Å²) in [6.45, 7) is 14.1. The fraction of sp³-hybridized carbons (Fsp3) is 0.500. The molecule has 0 aromatic carbocycles. The Hall–Kier alpha value is 2.16. The van der Waals surface area contributed by atoms with Crippen molar-refractivity contribution in [3.8, 4) is 0 Å². The van der Waals surface area contributed by atoms with E-state index in [0.717, 1.165) is 12.8 Å². The summed E-state index contributed by atoms with van der Waals surface area (Å²) < 4.78 is 0. The SMILES string of the molecule is CC[C-]=C[C-]=CCC.[CH2-]C.[CH2-]C.[Sm].[Sm]. The minimum Gasteiger partial charge on any atom is -0.533 e. The summed E-state index contributed by atoms with van der Waals surface area (Å²) in [5.41, 5.74) is 0. The van der Waals surface area contributed by atoms with E-state index in [4.69, 9.17) is 0 Å². The summed E-state index contributed by atoms with van der Waals surface area (Å²) in [4.78, 5) is 0. The number of allylic oxidation sites excluding steroid dienone is 4. The topological polar surface area (TPSA) is 0 Å². The first-order valence-electron chi connectivity index (χ1n) is 4.46. The summed E-state index contributed by atoms with van der Waals surface area (Å²) in [7, 11) is 0. The quantitative estimate of drug-likeness (QED) is 0.432. The Labute approximate surface area is 157 Å². The Morgan fingerprint density at radius 2 is 1.43 bits per heavy atom. The minimum atomic E-state index is 0. The smallest absolute Gasteiger partial charge is 0 e. The van der Waals surface area contributed by atoms with Gasteiger partial charge in [-0.3, -0.25) is 6.08 Å². The summed E-state index contributed by atoms with van der Waals surface area (Å²) in [5, 5.41) is 0. The molecule has 2 heteroatoms. The molecule has 0 aliphatic heterocycles. The van der Waals surface area contributed by atoms with Crippen molar-refractivity contribution in [2.45, 2.75) is 40.5 Å². The average molecular weight is 467 g/mol. The van der Waals surface area contributed by atoms with Gasteiger partial charge >= 0.3 is 0 Å². The second kappa shape index (κ2) is 45.7. The predicted octanol–water partition coefficient (Wildman–Crippen LogP) is 4.21. The first kappa shape index (κ1) is 29.8. The first-order chi connectivity index (χ1) is 5.91. The van der Waals surface area contributed by atoms with Gasteiger partial charge in [0.1, 0.15) is 0 Å². The van der Waals surface area contributed by atoms with Crippen molar-refractivity contribution in [1.82, 2.24) is 0 Å². The van der Waals surface area contributed by atoms with Gasteiger partial charge in [-0.15, -0.1) is 0 Å². The van der Waals surface area contributed by atoms with E-state index in [1.54, 1.807) is 13.8 Å². The fourth-order valence-corrected chi connectivity index (χ4v) is 0.338. The summed E-state index contributed by atoms with van der Waals surface area (Å²) >= 11 is 0. The molecule has 0 N–H and O–H groups in total. The van der Waals surface area contributed by atoms with Crippen LogP contribution in [0.25, 0.3) is 0 Å². The van der Waals surface area contributed by atoms with Crippen molar-refractivity contribution in [1.29, 1.82) is 0 Å². The number of hydrogen-bond acceptors (Lipinski definition) is 0. The van der Waals surface area contributed by atoms with Crippen LogP contribution in [0.1, 0.15) is 40.5 Å². The molecule has 0 heterocycles. The van der Waals surface area contributed by atoms with Gasteiger partial charge in [0.2, 0.25) is 0 Å². The average Bonchev–Trinajstić information content (AvgIpc) is 2.19. The van der Waals surface area contributed by atoms with E-state index in [1.807, 2.05) is 12.2 Å². The minimum absolute atomic E-state index is 0. The van der Waals surface area contributed by atoms with Crippen molar-refractivity contribution in [2.75, 3.05) is 0 Å². The van der Waals surface area contributed by atoms with E-state index in [2.05, 4.69) is 39.8 Å². The molecule has 14 heavy (non-hydrogen) atoms. The van der Waals surface area contributed by atoms with Crippen molar-refractivity contribution >= 4 is 0 Å². The molecule has 0 radical (unpaired) electrons. The molecule has 0 aromatic rings. The second-order valence-electron chi connectivity index (χ2n) is 1.48. The van der Waals surface area contributed by atoms with Crippen LogP contribution in [0.4, 0.5) is 0 Å². The molecule has 0 bridgehead atoms. The van der Waals surface area contributed by atoms with Gasteiger partial charge < -0.3 is 32.1 Å². The Morgan fingerprint density at radius 1 is 1.00 bits per heavy atom. The van der Waals surface area contributed by atoms with Crippen molar-refractivity contribution < 1.29 is 80.8 Å². The van der Waals surface area contributed by atoms with Crippen LogP contribution in [0.15, 0.2) is 12.2 Å². The van der Waals surface area contributed by atoms with E-state index < -0.39 is 0 Å². The first-order valence-corrected chi connectivity index (χ1v) is 4.46. The zero-order valence-electron chi connectivity index (χ0n) is 9.80. The molecule has 0 aliphatic rings. The molecule has 0 fully saturated rings. The van der Waals surface area contributed by atoms with Gasteiger partial charge in [0.05, 0.1) is 0 Å². The maximum absolute atomic E-state index is 3.25. The van der Waals surface area contributed by atoms with Crippen LogP contribution in [-0.2, 0) is 0 Å². The van der Waals surface area contributed by atoms with Crippen molar-refractivity contribution in [2.24, 2.45) is 0 Å². The molecule has 0 spiro atoms. The zero-order valence-corrected chi connectivity index (χ0v) is 15.0. The molecule has 0 nitrogen and oxygen atoms in total. The second-order valence-corrected chi connectivity index (χ2v) is 1.48. The third-order valence-corrected chi connectivity index (χ3v) is 0.711. The molecule has 0 saturated heterocycles. The number of rotatable bonds is 3. The van der Waals surface area contributed by atoms with E-state index in [1.165, 1.54) is 0 Å². The zero-order chi connectivity index (χ0) is 10.2. The van der Waals surface area contributed by atoms with Crippen LogP contribution in [0.3, 0.4) is 0 Å². The molecule has 0 unspecified atom stereocenters. The maximum Gasteiger partial charge on any atom is 0 e. The fourth-order valence-electron chi connectivity index (χ4n) is 0.338. The Morgan fingerprint density at radius 3 is 1.71 bits per heavy atom. The Bertz CT molecular complexity index is 74.3. The Balaban J connectivity index is -0.0000000400. The maximum atomic E-state index is 3.25. The van der Waals surface area contributed by atoms with Gasteiger partial charge in [0.15, 0.2) is 0 Å². The monoisotopic (exact) mass is 470 g/mol. The van der Waals surface area contributed by atoms with Crippen molar-refractivity contribution in [3.05, 3.63) is 38.2 Å². The summed E-state index contributed by atoms with van der Waals surface area (Å²) in [6.07, 6.45) is 11.9. The van der Waals surface area contributed by atoms with E-state index >= 15 is 0 Å². The molecule has 0 saturated carbocycles. The van der Waals surface area contributed by atoms with Gasteiger partial charge in [-0.2, -0.15) is 20.3 Å². The summed E-state index contributed by atoms with van der Waals surface area (Å²) in [5.74, 6) is 0. The van der Waals surface area contributed by atoms with Crippen LogP contribution >= 0.6 is 0 Å². The standard InChI is InChI=1S/C8H12.2C2H5.2Sm/c1-3-5-7-8-6-4-2;2*1-2;;/h5,8H,3-4H2,1-2H3;2*1H2,2H3;;/q-2;2*-1;;. The molecular formula is C12H22Sm2-4.